The highest BCUT2D eigenvalue weighted by Gasteiger charge is 2.22. The van der Waals surface area contributed by atoms with Crippen molar-refractivity contribution in [1.82, 2.24) is 13.8 Å². The number of hydrogen-bond donors (Lipinski definition) is 1. The van der Waals surface area contributed by atoms with Crippen molar-refractivity contribution in [2.24, 2.45) is 0 Å². The summed E-state index contributed by atoms with van der Waals surface area (Å²) in [4.78, 5) is 3.76. The van der Waals surface area contributed by atoms with E-state index in [1.165, 1.54) is 76.5 Å². The van der Waals surface area contributed by atoms with Gasteiger partial charge in [-0.1, -0.05) is 72.8 Å². The van der Waals surface area contributed by atoms with Crippen LogP contribution in [0.3, 0.4) is 0 Å². The fourth-order valence-corrected chi connectivity index (χ4v) is 6.30. The number of fused-ring (bicyclic) bond motifs is 12. The number of para-hydroxylation sites is 4. The molecule has 0 fully saturated rings. The average molecular weight is 419 g/mol. The second-order valence-electron chi connectivity index (χ2n) is 9.09. The fourth-order valence-electron chi connectivity index (χ4n) is 6.30. The smallest absolute Gasteiger partial charge is 0.0784 e. The van der Waals surface area contributed by atoms with Gasteiger partial charge in [0.15, 0.2) is 0 Å². The van der Waals surface area contributed by atoms with Crippen LogP contribution in [-0.2, 0) is 0 Å². The second kappa shape index (κ2) is 5.28. The third kappa shape index (κ3) is 1.70. The molecule has 0 saturated carbocycles. The second-order valence-corrected chi connectivity index (χ2v) is 9.09. The van der Waals surface area contributed by atoms with Gasteiger partial charge < -0.3 is 13.8 Å². The summed E-state index contributed by atoms with van der Waals surface area (Å²) in [5, 5.41) is 7.74. The molecular weight excluding hydrogens is 402 g/mol. The fraction of sp³-hybridized carbons (Fsp3) is 0. The van der Waals surface area contributed by atoms with Crippen LogP contribution < -0.4 is 0 Å². The first-order valence-electron chi connectivity index (χ1n) is 11.4. The van der Waals surface area contributed by atoms with E-state index in [-0.39, 0.29) is 0 Å². The standard InChI is InChI=1S/C30H17N3/c1-3-11-23-17(7-1)19-15-16-22-21-10-6-13-25-29(21)33(30(22)27(19)31-23)26-14-5-9-20-18-8-2-4-12-24(18)32(25)28(20)26/h1-16,31H. The van der Waals surface area contributed by atoms with Gasteiger partial charge in [0.05, 0.1) is 38.6 Å². The lowest BCUT2D eigenvalue weighted by Gasteiger charge is -2.11. The minimum atomic E-state index is 1.18. The van der Waals surface area contributed by atoms with E-state index in [1.54, 1.807) is 0 Å². The Morgan fingerprint density at radius 1 is 0.394 bits per heavy atom. The summed E-state index contributed by atoms with van der Waals surface area (Å²) in [5.41, 5.74) is 9.96. The van der Waals surface area contributed by atoms with E-state index in [0.717, 1.165) is 0 Å². The Balaban J connectivity index is 1.71. The van der Waals surface area contributed by atoms with E-state index in [4.69, 9.17) is 0 Å². The average Bonchev–Trinajstić information content (AvgIpc) is 3.52. The number of nitrogens with one attached hydrogen (secondary N) is 1. The van der Waals surface area contributed by atoms with Crippen molar-refractivity contribution in [1.29, 1.82) is 0 Å². The van der Waals surface area contributed by atoms with Crippen molar-refractivity contribution in [3.05, 3.63) is 97.1 Å². The van der Waals surface area contributed by atoms with E-state index < -0.39 is 0 Å². The number of rotatable bonds is 0. The number of hydrogen-bond acceptors (Lipinski definition) is 0. The first-order chi connectivity index (χ1) is 16.4. The number of nitrogens with zero attached hydrogens (tertiary/aromatic N) is 2. The number of benzene rings is 5. The number of H-pyrrole nitrogens is 1. The van der Waals surface area contributed by atoms with Crippen molar-refractivity contribution < 1.29 is 0 Å². The van der Waals surface area contributed by atoms with Gasteiger partial charge in [-0.3, -0.25) is 0 Å². The third-order valence-corrected chi connectivity index (χ3v) is 7.56. The molecule has 0 radical (unpaired) electrons. The van der Waals surface area contributed by atoms with Gasteiger partial charge in [0.2, 0.25) is 0 Å². The largest absolute Gasteiger partial charge is 0.353 e. The molecule has 0 atom stereocenters. The molecule has 0 amide bonds. The Bertz CT molecular complexity index is 2240. The van der Waals surface area contributed by atoms with Gasteiger partial charge in [-0.05, 0) is 24.3 Å². The van der Waals surface area contributed by atoms with Crippen LogP contribution in [0.25, 0.3) is 76.5 Å². The molecule has 1 N–H and O–H groups in total. The van der Waals surface area contributed by atoms with Crippen molar-refractivity contribution in [2.75, 3.05) is 0 Å². The molecule has 9 rings (SSSR count). The van der Waals surface area contributed by atoms with Crippen molar-refractivity contribution in [2.45, 2.75) is 0 Å². The molecule has 152 valence electrons. The lowest BCUT2D eigenvalue weighted by atomic mass is 10.1. The van der Waals surface area contributed by atoms with Crippen molar-refractivity contribution in [3.8, 4) is 0 Å². The summed E-state index contributed by atoms with van der Waals surface area (Å²) >= 11 is 0. The Kier molecular flexibility index (Phi) is 2.59. The van der Waals surface area contributed by atoms with E-state index in [1.807, 2.05) is 0 Å². The van der Waals surface area contributed by atoms with E-state index >= 15 is 0 Å². The third-order valence-electron chi connectivity index (χ3n) is 7.56. The van der Waals surface area contributed by atoms with Gasteiger partial charge in [0.25, 0.3) is 0 Å². The molecule has 0 bridgehead atoms. The summed E-state index contributed by atoms with van der Waals surface area (Å²) < 4.78 is 4.96. The molecule has 3 heteroatoms. The van der Waals surface area contributed by atoms with Gasteiger partial charge in [0, 0.05) is 37.8 Å². The normalized spacial score (nSPS) is 12.8. The number of aromatic nitrogens is 3. The first kappa shape index (κ1) is 16.2. The molecule has 0 saturated heterocycles. The van der Waals surface area contributed by atoms with Gasteiger partial charge in [-0.15, -0.1) is 0 Å². The molecule has 0 spiro atoms. The van der Waals surface area contributed by atoms with E-state index in [0.29, 0.717) is 0 Å². The molecule has 9 aromatic rings. The maximum absolute atomic E-state index is 3.76. The van der Waals surface area contributed by atoms with E-state index in [9.17, 15) is 0 Å². The quantitative estimate of drug-likeness (QED) is 0.242. The highest BCUT2D eigenvalue weighted by atomic mass is 15.0. The molecule has 0 aliphatic carbocycles. The minimum absolute atomic E-state index is 1.18. The van der Waals surface area contributed by atoms with Crippen molar-refractivity contribution in [3.63, 3.8) is 0 Å². The minimum Gasteiger partial charge on any atom is -0.353 e. The molecule has 4 aromatic heterocycles. The lowest BCUT2D eigenvalue weighted by Crippen LogP contribution is -1.97. The summed E-state index contributed by atoms with van der Waals surface area (Å²) in [7, 11) is 0. The first-order valence-corrected chi connectivity index (χ1v) is 11.4. The monoisotopic (exact) mass is 419 g/mol. The summed E-state index contributed by atoms with van der Waals surface area (Å²) in [5.74, 6) is 0. The molecule has 4 heterocycles. The molecule has 0 unspecified atom stereocenters. The summed E-state index contributed by atoms with van der Waals surface area (Å²) in [6.07, 6.45) is 0. The Morgan fingerprint density at radius 2 is 0.970 bits per heavy atom. The van der Waals surface area contributed by atoms with Crippen LogP contribution in [0.4, 0.5) is 0 Å². The van der Waals surface area contributed by atoms with E-state index in [2.05, 4.69) is 111 Å². The van der Waals surface area contributed by atoms with Gasteiger partial charge in [0.1, 0.15) is 0 Å². The highest BCUT2D eigenvalue weighted by Crippen LogP contribution is 2.42. The maximum atomic E-state index is 3.76. The Morgan fingerprint density at radius 3 is 1.85 bits per heavy atom. The molecule has 5 aromatic carbocycles. The molecular formula is C30H17N3. The van der Waals surface area contributed by atoms with Crippen LogP contribution in [0.15, 0.2) is 97.1 Å². The maximum Gasteiger partial charge on any atom is 0.0784 e. The molecule has 3 nitrogen and oxygen atoms in total. The van der Waals surface area contributed by atoms with Gasteiger partial charge in [-0.25, -0.2) is 0 Å². The van der Waals surface area contributed by atoms with Crippen LogP contribution in [0.1, 0.15) is 0 Å². The van der Waals surface area contributed by atoms with Crippen molar-refractivity contribution >= 4 is 76.5 Å². The summed E-state index contributed by atoms with van der Waals surface area (Å²) in [6.45, 7) is 0. The summed E-state index contributed by atoms with van der Waals surface area (Å²) in [6, 6.07) is 35.4. The zero-order chi connectivity index (χ0) is 21.3. The van der Waals surface area contributed by atoms with Crippen LogP contribution in [0.2, 0.25) is 0 Å². The zero-order valence-corrected chi connectivity index (χ0v) is 17.6. The predicted octanol–water partition coefficient (Wildman–Crippen LogP) is 7.88. The molecule has 33 heavy (non-hydrogen) atoms. The highest BCUT2D eigenvalue weighted by molar-refractivity contribution is 6.27. The number of aromatic amines is 1. The lowest BCUT2D eigenvalue weighted by molar-refractivity contribution is 1.26. The van der Waals surface area contributed by atoms with Crippen LogP contribution >= 0.6 is 0 Å². The van der Waals surface area contributed by atoms with Crippen LogP contribution in [-0.4, -0.2) is 13.8 Å². The van der Waals surface area contributed by atoms with Crippen LogP contribution in [0.5, 0.6) is 0 Å². The SMILES string of the molecule is c1ccc2c(c1)[nH]c1c2ccc2c3cccc4c3n(c3cccc5c6ccccc6n4c53)c21. The molecule has 0 aliphatic rings. The predicted molar refractivity (Wildman–Crippen MR) is 139 cm³/mol. The Hall–Kier alpha value is -4.50. The molecule has 0 aliphatic heterocycles. The Labute approximate surface area is 187 Å². The van der Waals surface area contributed by atoms with Crippen LogP contribution in [0, 0.1) is 0 Å². The van der Waals surface area contributed by atoms with Gasteiger partial charge >= 0.3 is 0 Å². The topological polar surface area (TPSA) is 24.6 Å². The van der Waals surface area contributed by atoms with Gasteiger partial charge in [-0.2, -0.15) is 0 Å². The zero-order valence-electron chi connectivity index (χ0n) is 17.6.